The van der Waals surface area contributed by atoms with Crippen LogP contribution >= 0.6 is 11.3 Å². The number of hydrogen-bond acceptors (Lipinski definition) is 2. The second-order valence-electron chi connectivity index (χ2n) is 5.40. The minimum Gasteiger partial charge on any atom is -0.491 e. The molecule has 1 aliphatic carbocycles. The average Bonchev–Trinajstić information content (AvgIpc) is 2.90. The number of rotatable bonds is 3. The van der Waals surface area contributed by atoms with Crippen LogP contribution in [-0.4, -0.2) is 14.7 Å². The molecule has 1 aromatic rings. The molecule has 0 unspecified atom stereocenters. The second kappa shape index (κ2) is 4.64. The summed E-state index contributed by atoms with van der Waals surface area (Å²) in [6.07, 6.45) is 2.67. The second-order valence-corrected chi connectivity index (χ2v) is 10.9. The van der Waals surface area contributed by atoms with Crippen LogP contribution in [0.4, 0.5) is 0 Å². The fourth-order valence-corrected chi connectivity index (χ4v) is 2.44. The van der Waals surface area contributed by atoms with Gasteiger partial charge >= 0.3 is 0 Å². The van der Waals surface area contributed by atoms with E-state index in [9.17, 15) is 0 Å². The highest BCUT2D eigenvalue weighted by Gasteiger charge is 2.22. The van der Waals surface area contributed by atoms with Crippen LogP contribution in [-0.2, 0) is 0 Å². The monoisotopic (exact) mass is 250 g/mol. The Morgan fingerprint density at radius 3 is 2.75 bits per heavy atom. The zero-order chi connectivity index (χ0) is 11.6. The molecule has 1 aromatic heterocycles. The van der Waals surface area contributed by atoms with Crippen molar-refractivity contribution in [1.29, 1.82) is 0 Å². The van der Waals surface area contributed by atoms with Gasteiger partial charge in [0.15, 0.2) is 0 Å². The van der Waals surface area contributed by atoms with E-state index in [1.807, 2.05) is 0 Å². The van der Waals surface area contributed by atoms with E-state index in [-0.39, 0.29) is 0 Å². The normalized spacial score (nSPS) is 15.4. The molecule has 0 N–H and O–H groups in total. The maximum atomic E-state index is 5.79. The molecule has 1 fully saturated rings. The molecule has 1 aliphatic rings. The van der Waals surface area contributed by atoms with Crippen LogP contribution in [0.1, 0.15) is 18.4 Å². The zero-order valence-electron chi connectivity index (χ0n) is 10.2. The first-order valence-electron chi connectivity index (χ1n) is 5.77. The Bertz CT molecular complexity index is 415. The highest BCUT2D eigenvalue weighted by molar-refractivity contribution is 7.08. The SMILES string of the molecule is C[Si](C)(C)C#Cc1cscc1OCC1CC1. The molecule has 0 aliphatic heterocycles. The van der Waals surface area contributed by atoms with Crippen molar-refractivity contribution in [2.75, 3.05) is 6.61 Å². The van der Waals surface area contributed by atoms with E-state index in [0.717, 1.165) is 23.8 Å². The van der Waals surface area contributed by atoms with E-state index in [0.29, 0.717) is 0 Å². The molecule has 1 heterocycles. The van der Waals surface area contributed by atoms with Crippen LogP contribution in [0.5, 0.6) is 5.75 Å². The smallest absolute Gasteiger partial charge is 0.145 e. The molecule has 2 rings (SSSR count). The lowest BCUT2D eigenvalue weighted by atomic mass is 10.3. The third kappa shape index (κ3) is 3.69. The predicted molar refractivity (Wildman–Crippen MR) is 72.8 cm³/mol. The average molecular weight is 250 g/mol. The third-order valence-corrected chi connectivity index (χ3v) is 3.97. The highest BCUT2D eigenvalue weighted by atomic mass is 32.1. The molecule has 16 heavy (non-hydrogen) atoms. The summed E-state index contributed by atoms with van der Waals surface area (Å²) in [6.45, 7) is 7.66. The van der Waals surface area contributed by atoms with Gasteiger partial charge in [-0.3, -0.25) is 0 Å². The molecule has 3 heteroatoms. The van der Waals surface area contributed by atoms with Crippen molar-refractivity contribution in [1.82, 2.24) is 0 Å². The van der Waals surface area contributed by atoms with Gasteiger partial charge in [0.05, 0.1) is 12.2 Å². The molecule has 0 aromatic carbocycles. The molecule has 1 nitrogen and oxygen atoms in total. The van der Waals surface area contributed by atoms with Gasteiger partial charge in [-0.25, -0.2) is 0 Å². The topological polar surface area (TPSA) is 9.23 Å². The maximum absolute atomic E-state index is 5.79. The van der Waals surface area contributed by atoms with Gasteiger partial charge in [-0.2, -0.15) is 0 Å². The van der Waals surface area contributed by atoms with E-state index in [1.165, 1.54) is 12.8 Å². The van der Waals surface area contributed by atoms with Gasteiger partial charge in [0.1, 0.15) is 13.8 Å². The molecular formula is C13H18OSSi. The van der Waals surface area contributed by atoms with Gasteiger partial charge < -0.3 is 4.74 Å². The summed E-state index contributed by atoms with van der Waals surface area (Å²) in [5.41, 5.74) is 4.46. The van der Waals surface area contributed by atoms with Crippen molar-refractivity contribution in [3.8, 4) is 17.2 Å². The quantitative estimate of drug-likeness (QED) is 0.586. The lowest BCUT2D eigenvalue weighted by Gasteiger charge is -2.05. The minimum atomic E-state index is -1.28. The molecular weight excluding hydrogens is 232 g/mol. The van der Waals surface area contributed by atoms with Gasteiger partial charge in [-0.05, 0) is 18.8 Å². The summed E-state index contributed by atoms with van der Waals surface area (Å²) in [7, 11) is -1.28. The molecule has 86 valence electrons. The van der Waals surface area contributed by atoms with Gasteiger partial charge in [0.25, 0.3) is 0 Å². The third-order valence-electron chi connectivity index (χ3n) is 2.37. The van der Waals surface area contributed by atoms with E-state index < -0.39 is 8.07 Å². The number of ether oxygens (including phenoxy) is 1. The van der Waals surface area contributed by atoms with Crippen LogP contribution < -0.4 is 4.74 Å². The van der Waals surface area contributed by atoms with Crippen LogP contribution in [0.25, 0.3) is 0 Å². The minimum absolute atomic E-state index is 0.803. The van der Waals surface area contributed by atoms with E-state index in [4.69, 9.17) is 4.74 Å². The largest absolute Gasteiger partial charge is 0.491 e. The van der Waals surface area contributed by atoms with Crippen LogP contribution in [0.2, 0.25) is 19.6 Å². The summed E-state index contributed by atoms with van der Waals surface area (Å²) in [6, 6.07) is 0. The summed E-state index contributed by atoms with van der Waals surface area (Å²) in [5.74, 6) is 5.07. The van der Waals surface area contributed by atoms with E-state index in [2.05, 4.69) is 41.9 Å². The summed E-state index contributed by atoms with van der Waals surface area (Å²) in [4.78, 5) is 0. The molecule has 0 bridgehead atoms. The van der Waals surface area contributed by atoms with Crippen molar-refractivity contribution in [3.05, 3.63) is 16.3 Å². The number of hydrogen-bond donors (Lipinski definition) is 0. The first-order valence-corrected chi connectivity index (χ1v) is 10.2. The first kappa shape index (κ1) is 11.8. The fourth-order valence-electron chi connectivity index (χ4n) is 1.24. The molecule has 0 saturated heterocycles. The number of thiophene rings is 1. The lowest BCUT2D eigenvalue weighted by Crippen LogP contribution is -2.16. The van der Waals surface area contributed by atoms with Crippen molar-refractivity contribution in [3.63, 3.8) is 0 Å². The Morgan fingerprint density at radius 1 is 1.38 bits per heavy atom. The van der Waals surface area contributed by atoms with Crippen LogP contribution in [0, 0.1) is 17.4 Å². The first-order chi connectivity index (χ1) is 7.54. The molecule has 0 atom stereocenters. The Balaban J connectivity index is 2.02. The van der Waals surface area contributed by atoms with E-state index >= 15 is 0 Å². The van der Waals surface area contributed by atoms with Crippen LogP contribution in [0.15, 0.2) is 10.8 Å². The highest BCUT2D eigenvalue weighted by Crippen LogP contribution is 2.31. The van der Waals surface area contributed by atoms with Crippen molar-refractivity contribution < 1.29 is 4.74 Å². The van der Waals surface area contributed by atoms with E-state index in [1.54, 1.807) is 11.3 Å². The summed E-state index contributed by atoms with van der Waals surface area (Å²) >= 11 is 1.68. The standard InChI is InChI=1S/C13H18OSSi/c1-16(2,3)7-6-12-9-15-10-13(12)14-8-11-4-5-11/h9-11H,4-5,8H2,1-3H3. The van der Waals surface area contributed by atoms with Crippen molar-refractivity contribution >= 4 is 19.4 Å². The van der Waals surface area contributed by atoms with Crippen molar-refractivity contribution in [2.24, 2.45) is 5.92 Å². The fraction of sp³-hybridized carbons (Fsp3) is 0.538. The molecule has 0 radical (unpaired) electrons. The maximum Gasteiger partial charge on any atom is 0.145 e. The molecule has 1 saturated carbocycles. The van der Waals surface area contributed by atoms with Gasteiger partial charge in [0.2, 0.25) is 0 Å². The Hall–Kier alpha value is -0.723. The Morgan fingerprint density at radius 2 is 2.12 bits per heavy atom. The van der Waals surface area contributed by atoms with Crippen LogP contribution in [0.3, 0.4) is 0 Å². The Labute approximate surface area is 103 Å². The summed E-state index contributed by atoms with van der Waals surface area (Å²) in [5, 5.41) is 4.16. The molecule has 0 amide bonds. The molecule has 0 spiro atoms. The van der Waals surface area contributed by atoms with Crippen molar-refractivity contribution in [2.45, 2.75) is 32.5 Å². The predicted octanol–water partition coefficient (Wildman–Crippen LogP) is 3.77. The Kier molecular flexibility index (Phi) is 3.41. The van der Waals surface area contributed by atoms with Gasteiger partial charge in [-0.15, -0.1) is 16.9 Å². The van der Waals surface area contributed by atoms with Gasteiger partial charge in [0, 0.05) is 10.8 Å². The lowest BCUT2D eigenvalue weighted by molar-refractivity contribution is 0.300. The zero-order valence-corrected chi connectivity index (χ0v) is 12.0. The summed E-state index contributed by atoms with van der Waals surface area (Å²) < 4.78 is 5.79. The van der Waals surface area contributed by atoms with Gasteiger partial charge in [-0.1, -0.05) is 25.6 Å².